The predicted molar refractivity (Wildman–Crippen MR) is 81.0 cm³/mol. The van der Waals surface area contributed by atoms with E-state index in [1.54, 1.807) is 19.2 Å². The van der Waals surface area contributed by atoms with Crippen molar-refractivity contribution in [2.24, 2.45) is 0 Å². The van der Waals surface area contributed by atoms with E-state index in [0.29, 0.717) is 12.3 Å². The summed E-state index contributed by atoms with van der Waals surface area (Å²) in [6.07, 6.45) is 2.91. The van der Waals surface area contributed by atoms with Crippen LogP contribution in [0.2, 0.25) is 0 Å². The van der Waals surface area contributed by atoms with E-state index in [2.05, 4.69) is 10.0 Å². The summed E-state index contributed by atoms with van der Waals surface area (Å²) < 4.78 is 31.8. The van der Waals surface area contributed by atoms with Gasteiger partial charge in [0, 0.05) is 13.1 Å². The van der Waals surface area contributed by atoms with E-state index in [0.717, 1.165) is 25.1 Å². The standard InChI is InChI=1S/C13H18N2O3S.ClH/c1-18-12-2-4-13(5-3-12)19(16,17)15-10-11-6-8-14-9-7-11;/h2-6,14-15H,7-10H2,1H3;1H. The largest absolute Gasteiger partial charge is 0.497 e. The van der Waals surface area contributed by atoms with Gasteiger partial charge in [-0.15, -0.1) is 12.4 Å². The van der Waals surface area contributed by atoms with Crippen LogP contribution in [-0.4, -0.2) is 35.2 Å². The summed E-state index contributed by atoms with van der Waals surface area (Å²) >= 11 is 0. The van der Waals surface area contributed by atoms with Crippen molar-refractivity contribution in [2.75, 3.05) is 26.7 Å². The van der Waals surface area contributed by atoms with Crippen molar-refractivity contribution in [1.29, 1.82) is 0 Å². The maximum atomic E-state index is 12.1. The second-order valence-electron chi connectivity index (χ2n) is 4.32. The predicted octanol–water partition coefficient (Wildman–Crippen LogP) is 1.31. The van der Waals surface area contributed by atoms with Crippen molar-refractivity contribution < 1.29 is 13.2 Å². The molecule has 0 radical (unpaired) electrons. The van der Waals surface area contributed by atoms with E-state index in [1.165, 1.54) is 12.1 Å². The smallest absolute Gasteiger partial charge is 0.240 e. The van der Waals surface area contributed by atoms with Gasteiger partial charge >= 0.3 is 0 Å². The highest BCUT2D eigenvalue weighted by Gasteiger charge is 2.14. The van der Waals surface area contributed by atoms with Gasteiger partial charge in [-0.2, -0.15) is 0 Å². The van der Waals surface area contributed by atoms with Gasteiger partial charge < -0.3 is 10.1 Å². The van der Waals surface area contributed by atoms with Crippen molar-refractivity contribution in [1.82, 2.24) is 10.0 Å². The SMILES string of the molecule is COc1ccc(S(=O)(=O)NCC2=CCNCC2)cc1.Cl. The Labute approximate surface area is 125 Å². The molecule has 112 valence electrons. The average molecular weight is 319 g/mol. The molecule has 0 unspecified atom stereocenters. The lowest BCUT2D eigenvalue weighted by Gasteiger charge is -2.14. The number of ether oxygens (including phenoxy) is 1. The Kier molecular flexibility index (Phi) is 6.48. The highest BCUT2D eigenvalue weighted by molar-refractivity contribution is 7.89. The minimum atomic E-state index is -3.45. The molecule has 20 heavy (non-hydrogen) atoms. The summed E-state index contributed by atoms with van der Waals surface area (Å²) in [5.41, 5.74) is 1.12. The number of halogens is 1. The van der Waals surface area contributed by atoms with Crippen molar-refractivity contribution >= 4 is 22.4 Å². The van der Waals surface area contributed by atoms with Crippen LogP contribution in [-0.2, 0) is 10.0 Å². The van der Waals surface area contributed by atoms with Crippen LogP contribution in [0.4, 0.5) is 0 Å². The molecule has 0 spiro atoms. The molecule has 1 aliphatic heterocycles. The van der Waals surface area contributed by atoms with E-state index in [-0.39, 0.29) is 17.3 Å². The third kappa shape index (κ3) is 4.49. The molecular weight excluding hydrogens is 300 g/mol. The van der Waals surface area contributed by atoms with Gasteiger partial charge in [-0.25, -0.2) is 13.1 Å². The number of benzene rings is 1. The van der Waals surface area contributed by atoms with Gasteiger partial charge in [0.2, 0.25) is 10.0 Å². The molecule has 0 saturated heterocycles. The van der Waals surface area contributed by atoms with E-state index >= 15 is 0 Å². The Morgan fingerprint density at radius 1 is 1.30 bits per heavy atom. The fraction of sp³-hybridized carbons (Fsp3) is 0.385. The number of sulfonamides is 1. The first kappa shape index (κ1) is 17.0. The number of methoxy groups -OCH3 is 1. The van der Waals surface area contributed by atoms with Gasteiger partial charge in [0.15, 0.2) is 0 Å². The van der Waals surface area contributed by atoms with Gasteiger partial charge in [-0.1, -0.05) is 11.6 Å². The minimum Gasteiger partial charge on any atom is -0.497 e. The Morgan fingerprint density at radius 2 is 2.00 bits per heavy atom. The third-order valence-corrected chi connectivity index (χ3v) is 4.43. The summed E-state index contributed by atoms with van der Waals surface area (Å²) in [6, 6.07) is 6.35. The molecule has 0 amide bonds. The second-order valence-corrected chi connectivity index (χ2v) is 6.08. The number of rotatable bonds is 5. The lowest BCUT2D eigenvalue weighted by molar-refractivity contribution is 0.414. The fourth-order valence-corrected chi connectivity index (χ4v) is 2.89. The topological polar surface area (TPSA) is 67.4 Å². The molecule has 0 aliphatic carbocycles. The van der Waals surface area contributed by atoms with E-state index in [1.807, 2.05) is 6.08 Å². The van der Waals surface area contributed by atoms with Crippen molar-refractivity contribution in [3.05, 3.63) is 35.9 Å². The van der Waals surface area contributed by atoms with Gasteiger partial charge in [0.1, 0.15) is 5.75 Å². The van der Waals surface area contributed by atoms with Crippen LogP contribution in [0.15, 0.2) is 40.8 Å². The van der Waals surface area contributed by atoms with Crippen LogP contribution in [0, 0.1) is 0 Å². The number of hydrogen-bond donors (Lipinski definition) is 2. The molecule has 0 atom stereocenters. The molecule has 1 aromatic rings. The molecule has 0 saturated carbocycles. The Hall–Kier alpha value is -1.08. The van der Waals surface area contributed by atoms with Crippen LogP contribution in [0.5, 0.6) is 5.75 Å². The Bertz CT molecular complexity index is 555. The van der Waals surface area contributed by atoms with Crippen LogP contribution < -0.4 is 14.8 Å². The van der Waals surface area contributed by atoms with E-state index in [9.17, 15) is 8.42 Å². The first-order valence-electron chi connectivity index (χ1n) is 6.14. The lowest BCUT2D eigenvalue weighted by atomic mass is 10.1. The third-order valence-electron chi connectivity index (χ3n) is 3.02. The molecule has 7 heteroatoms. The van der Waals surface area contributed by atoms with Crippen molar-refractivity contribution in [3.63, 3.8) is 0 Å². The van der Waals surface area contributed by atoms with Crippen molar-refractivity contribution in [2.45, 2.75) is 11.3 Å². The minimum absolute atomic E-state index is 0. The Balaban J connectivity index is 0.00000200. The molecule has 0 fully saturated rings. The molecule has 2 rings (SSSR count). The molecule has 2 N–H and O–H groups in total. The van der Waals surface area contributed by atoms with Gasteiger partial charge in [0.25, 0.3) is 0 Å². The van der Waals surface area contributed by atoms with Gasteiger partial charge in [-0.05, 0) is 37.2 Å². The van der Waals surface area contributed by atoms with Crippen LogP contribution in [0.25, 0.3) is 0 Å². The van der Waals surface area contributed by atoms with Crippen LogP contribution in [0.3, 0.4) is 0 Å². The Morgan fingerprint density at radius 3 is 2.55 bits per heavy atom. The molecule has 1 aliphatic rings. The maximum Gasteiger partial charge on any atom is 0.240 e. The number of nitrogens with one attached hydrogen (secondary N) is 2. The maximum absolute atomic E-state index is 12.1. The zero-order valence-corrected chi connectivity index (χ0v) is 12.9. The normalized spacial score (nSPS) is 15.2. The fourth-order valence-electron chi connectivity index (χ4n) is 1.86. The second kappa shape index (κ2) is 7.64. The first-order valence-corrected chi connectivity index (χ1v) is 7.62. The molecule has 1 aromatic carbocycles. The molecule has 0 bridgehead atoms. The van der Waals surface area contributed by atoms with Crippen LogP contribution in [0.1, 0.15) is 6.42 Å². The highest BCUT2D eigenvalue weighted by Crippen LogP contribution is 2.15. The van der Waals surface area contributed by atoms with Crippen LogP contribution >= 0.6 is 12.4 Å². The quantitative estimate of drug-likeness (QED) is 0.803. The molecular formula is C13H19ClN2O3S. The van der Waals surface area contributed by atoms with E-state index < -0.39 is 10.0 Å². The zero-order valence-electron chi connectivity index (χ0n) is 11.3. The number of hydrogen-bond acceptors (Lipinski definition) is 4. The van der Waals surface area contributed by atoms with Crippen molar-refractivity contribution in [3.8, 4) is 5.75 Å². The van der Waals surface area contributed by atoms with Gasteiger partial charge in [-0.3, -0.25) is 0 Å². The zero-order chi connectivity index (χ0) is 13.7. The lowest BCUT2D eigenvalue weighted by Crippen LogP contribution is -2.29. The highest BCUT2D eigenvalue weighted by atomic mass is 35.5. The summed E-state index contributed by atoms with van der Waals surface area (Å²) in [5, 5.41) is 3.19. The molecule has 0 aromatic heterocycles. The summed E-state index contributed by atoms with van der Waals surface area (Å²) in [4.78, 5) is 0.253. The summed E-state index contributed by atoms with van der Waals surface area (Å²) in [7, 11) is -1.90. The molecule has 5 nitrogen and oxygen atoms in total. The monoisotopic (exact) mass is 318 g/mol. The van der Waals surface area contributed by atoms with Gasteiger partial charge in [0.05, 0.1) is 12.0 Å². The van der Waals surface area contributed by atoms with E-state index in [4.69, 9.17) is 4.74 Å². The average Bonchev–Trinajstić information content (AvgIpc) is 2.46. The molecule has 1 heterocycles. The first-order chi connectivity index (χ1) is 9.12. The summed E-state index contributed by atoms with van der Waals surface area (Å²) in [5.74, 6) is 0.639. The summed E-state index contributed by atoms with van der Waals surface area (Å²) in [6.45, 7) is 2.08.